The second kappa shape index (κ2) is 6.04. The third kappa shape index (κ3) is 3.16. The molecule has 102 valence electrons. The lowest BCUT2D eigenvalue weighted by atomic mass is 10.2. The van der Waals surface area contributed by atoms with E-state index in [9.17, 15) is 10.1 Å². The number of nitriles is 2. The van der Waals surface area contributed by atoms with E-state index in [1.54, 1.807) is 12.1 Å². The van der Waals surface area contributed by atoms with Gasteiger partial charge in [-0.2, -0.15) is 10.5 Å². The van der Waals surface area contributed by atoms with E-state index < -0.39 is 4.92 Å². The van der Waals surface area contributed by atoms with Gasteiger partial charge in [-0.1, -0.05) is 15.9 Å². The molecule has 0 spiro atoms. The maximum Gasteiger partial charge on any atom is 0.312 e. The highest BCUT2D eigenvalue weighted by molar-refractivity contribution is 9.10. The first kappa shape index (κ1) is 14.5. The summed E-state index contributed by atoms with van der Waals surface area (Å²) in [4.78, 5) is 10.4. The van der Waals surface area contributed by atoms with Crippen LogP contribution in [-0.2, 0) is 0 Å². The Hall–Kier alpha value is -2.90. The molecule has 0 saturated carbocycles. The molecule has 0 bridgehead atoms. The standard InChI is InChI=1S/C14H6BrN3O3/c15-11-3-2-10(8-17)14(6-11)21-13-4-1-9(7-16)5-12(13)18(19)20/h1-6H. The van der Waals surface area contributed by atoms with Crippen LogP contribution < -0.4 is 4.74 Å². The number of halogens is 1. The van der Waals surface area contributed by atoms with Gasteiger partial charge in [0.05, 0.1) is 22.1 Å². The van der Waals surface area contributed by atoms with Crippen LogP contribution >= 0.6 is 15.9 Å². The number of nitro benzene ring substituents is 1. The van der Waals surface area contributed by atoms with Crippen molar-refractivity contribution in [3.8, 4) is 23.6 Å². The third-order valence-electron chi connectivity index (χ3n) is 2.57. The third-order valence-corrected chi connectivity index (χ3v) is 3.06. The van der Waals surface area contributed by atoms with Crippen molar-refractivity contribution in [1.82, 2.24) is 0 Å². The normalized spacial score (nSPS) is 9.48. The molecule has 6 nitrogen and oxygen atoms in total. The predicted octanol–water partition coefficient (Wildman–Crippen LogP) is 3.89. The van der Waals surface area contributed by atoms with Gasteiger partial charge < -0.3 is 4.74 Å². The minimum atomic E-state index is -0.639. The van der Waals surface area contributed by atoms with Gasteiger partial charge in [-0.3, -0.25) is 10.1 Å². The molecule has 0 saturated heterocycles. The van der Waals surface area contributed by atoms with Crippen LogP contribution in [0.3, 0.4) is 0 Å². The highest BCUT2D eigenvalue weighted by Gasteiger charge is 2.18. The summed E-state index contributed by atoms with van der Waals surface area (Å²) in [7, 11) is 0. The molecule has 0 aliphatic carbocycles. The van der Waals surface area contributed by atoms with E-state index >= 15 is 0 Å². The molecule has 0 amide bonds. The van der Waals surface area contributed by atoms with Crippen molar-refractivity contribution in [2.45, 2.75) is 0 Å². The number of rotatable bonds is 3. The molecule has 0 atom stereocenters. The summed E-state index contributed by atoms with van der Waals surface area (Å²) >= 11 is 3.24. The summed E-state index contributed by atoms with van der Waals surface area (Å²) in [6, 6.07) is 12.4. The van der Waals surface area contributed by atoms with Crippen molar-refractivity contribution in [2.24, 2.45) is 0 Å². The largest absolute Gasteiger partial charge is 0.449 e. The Morgan fingerprint density at radius 1 is 1.10 bits per heavy atom. The van der Waals surface area contributed by atoms with Crippen LogP contribution in [0.2, 0.25) is 0 Å². The van der Waals surface area contributed by atoms with Gasteiger partial charge in [-0.15, -0.1) is 0 Å². The number of benzene rings is 2. The molecule has 0 N–H and O–H groups in total. The van der Waals surface area contributed by atoms with Gasteiger partial charge in [0.15, 0.2) is 0 Å². The van der Waals surface area contributed by atoms with Crippen molar-refractivity contribution in [1.29, 1.82) is 10.5 Å². The molecule has 2 aromatic rings. The predicted molar refractivity (Wildman–Crippen MR) is 76.7 cm³/mol. The van der Waals surface area contributed by atoms with E-state index in [-0.39, 0.29) is 28.3 Å². The lowest BCUT2D eigenvalue weighted by Gasteiger charge is -2.08. The average molecular weight is 344 g/mol. The molecule has 0 fully saturated rings. The zero-order valence-electron chi connectivity index (χ0n) is 10.4. The monoisotopic (exact) mass is 343 g/mol. The van der Waals surface area contributed by atoms with Crippen LogP contribution in [0.5, 0.6) is 11.5 Å². The van der Waals surface area contributed by atoms with Crippen LogP contribution in [0.25, 0.3) is 0 Å². The first-order chi connectivity index (χ1) is 10.0. The van der Waals surface area contributed by atoms with Crippen LogP contribution in [0, 0.1) is 32.8 Å². The SMILES string of the molecule is N#Cc1ccc(Oc2cc(Br)ccc2C#N)c([N+](=O)[O-])c1. The summed E-state index contributed by atoms with van der Waals surface area (Å²) < 4.78 is 6.14. The minimum Gasteiger partial charge on any atom is -0.449 e. The Kier molecular flexibility index (Phi) is 4.17. The number of nitrogens with zero attached hydrogens (tertiary/aromatic N) is 3. The average Bonchev–Trinajstić information content (AvgIpc) is 2.47. The zero-order chi connectivity index (χ0) is 15.4. The minimum absolute atomic E-state index is 0.0337. The number of hydrogen-bond donors (Lipinski definition) is 0. The molecule has 0 aliphatic rings. The molecular formula is C14H6BrN3O3. The molecule has 0 heterocycles. The van der Waals surface area contributed by atoms with E-state index in [1.165, 1.54) is 18.2 Å². The molecule has 0 aromatic heterocycles. The fourth-order valence-corrected chi connectivity index (χ4v) is 1.95. The van der Waals surface area contributed by atoms with Crippen molar-refractivity contribution < 1.29 is 9.66 Å². The molecule has 0 radical (unpaired) electrons. The van der Waals surface area contributed by atoms with E-state index in [0.29, 0.717) is 4.47 Å². The van der Waals surface area contributed by atoms with E-state index in [4.69, 9.17) is 15.3 Å². The number of ether oxygens (including phenoxy) is 1. The lowest BCUT2D eigenvalue weighted by Crippen LogP contribution is -1.95. The van der Waals surface area contributed by atoms with Gasteiger partial charge in [0.2, 0.25) is 5.75 Å². The quantitative estimate of drug-likeness (QED) is 0.621. The molecule has 7 heteroatoms. The Bertz CT molecular complexity index is 806. The van der Waals surface area contributed by atoms with Crippen molar-refractivity contribution in [3.05, 3.63) is 62.1 Å². The highest BCUT2D eigenvalue weighted by atomic mass is 79.9. The molecule has 2 rings (SSSR count). The van der Waals surface area contributed by atoms with Gasteiger partial charge in [-0.05, 0) is 30.3 Å². The van der Waals surface area contributed by atoms with Crippen molar-refractivity contribution in [3.63, 3.8) is 0 Å². The highest BCUT2D eigenvalue weighted by Crippen LogP contribution is 2.34. The van der Waals surface area contributed by atoms with E-state index in [0.717, 1.165) is 6.07 Å². The van der Waals surface area contributed by atoms with Crippen LogP contribution in [0.4, 0.5) is 5.69 Å². The second-order valence-electron chi connectivity index (χ2n) is 3.91. The van der Waals surface area contributed by atoms with Gasteiger partial charge >= 0.3 is 5.69 Å². The van der Waals surface area contributed by atoms with E-state index in [2.05, 4.69) is 15.9 Å². The fraction of sp³-hybridized carbons (Fsp3) is 0. The smallest absolute Gasteiger partial charge is 0.312 e. The summed E-state index contributed by atoms with van der Waals surface area (Å²) in [5, 5.41) is 28.8. The first-order valence-electron chi connectivity index (χ1n) is 5.61. The van der Waals surface area contributed by atoms with Gasteiger partial charge in [0.1, 0.15) is 11.8 Å². The molecule has 0 aliphatic heterocycles. The topological polar surface area (TPSA) is 99.9 Å². The van der Waals surface area contributed by atoms with Gasteiger partial charge in [0, 0.05) is 10.5 Å². The lowest BCUT2D eigenvalue weighted by molar-refractivity contribution is -0.385. The maximum atomic E-state index is 11.0. The number of nitro groups is 1. The van der Waals surface area contributed by atoms with Crippen LogP contribution in [-0.4, -0.2) is 4.92 Å². The Morgan fingerprint density at radius 3 is 2.48 bits per heavy atom. The fourth-order valence-electron chi connectivity index (χ4n) is 1.61. The summed E-state index contributed by atoms with van der Waals surface area (Å²) in [5.74, 6) is 0.160. The van der Waals surface area contributed by atoms with Crippen molar-refractivity contribution in [2.75, 3.05) is 0 Å². The number of hydrogen-bond acceptors (Lipinski definition) is 5. The van der Waals surface area contributed by atoms with Crippen LogP contribution in [0.15, 0.2) is 40.9 Å². The Morgan fingerprint density at radius 2 is 1.86 bits per heavy atom. The Balaban J connectivity index is 2.50. The summed E-state index contributed by atoms with van der Waals surface area (Å²) in [5.41, 5.74) is 0.0681. The second-order valence-corrected chi connectivity index (χ2v) is 4.82. The summed E-state index contributed by atoms with van der Waals surface area (Å²) in [6.45, 7) is 0. The van der Waals surface area contributed by atoms with Crippen molar-refractivity contribution >= 4 is 21.6 Å². The maximum absolute atomic E-state index is 11.0. The summed E-state index contributed by atoms with van der Waals surface area (Å²) in [6.07, 6.45) is 0. The zero-order valence-corrected chi connectivity index (χ0v) is 12.0. The molecule has 0 unspecified atom stereocenters. The molecule has 2 aromatic carbocycles. The first-order valence-corrected chi connectivity index (χ1v) is 6.40. The van der Waals surface area contributed by atoms with E-state index in [1.807, 2.05) is 12.1 Å². The van der Waals surface area contributed by atoms with Crippen LogP contribution in [0.1, 0.15) is 11.1 Å². The van der Waals surface area contributed by atoms with Gasteiger partial charge in [0.25, 0.3) is 0 Å². The van der Waals surface area contributed by atoms with Gasteiger partial charge in [-0.25, -0.2) is 0 Å². The molecule has 21 heavy (non-hydrogen) atoms. The molecular weight excluding hydrogens is 338 g/mol. The Labute approximate surface area is 128 Å².